The molecule has 0 atom stereocenters. The summed E-state index contributed by atoms with van der Waals surface area (Å²) in [5.41, 5.74) is 3.72. The highest BCUT2D eigenvalue weighted by molar-refractivity contribution is 14.1. The minimum Gasteiger partial charge on any atom is -0.361 e. The van der Waals surface area contributed by atoms with Gasteiger partial charge in [0.05, 0.1) is 0 Å². The van der Waals surface area contributed by atoms with Crippen LogP contribution in [-0.2, 0) is 0 Å². The van der Waals surface area contributed by atoms with Crippen LogP contribution in [0.5, 0.6) is 0 Å². The second-order valence-electron chi connectivity index (χ2n) is 3.79. The van der Waals surface area contributed by atoms with E-state index < -0.39 is 0 Å². The number of hydrogen-bond acceptors (Lipinski definition) is 0. The molecular formula is C14H10IN. The first-order valence-electron chi connectivity index (χ1n) is 5.16. The van der Waals surface area contributed by atoms with Crippen molar-refractivity contribution in [3.63, 3.8) is 0 Å². The highest BCUT2D eigenvalue weighted by Crippen LogP contribution is 2.24. The Morgan fingerprint density at radius 2 is 1.56 bits per heavy atom. The number of halogens is 1. The second kappa shape index (κ2) is 3.94. The Morgan fingerprint density at radius 1 is 0.812 bits per heavy atom. The molecule has 0 aliphatic rings. The number of benzene rings is 2. The largest absolute Gasteiger partial charge is 0.361 e. The summed E-state index contributed by atoms with van der Waals surface area (Å²) in [5.74, 6) is 0. The fourth-order valence-electron chi connectivity index (χ4n) is 1.88. The van der Waals surface area contributed by atoms with E-state index >= 15 is 0 Å². The highest BCUT2D eigenvalue weighted by Gasteiger charge is 1.99. The Balaban J connectivity index is 2.14. The maximum absolute atomic E-state index is 3.21. The normalized spacial score (nSPS) is 10.8. The van der Waals surface area contributed by atoms with Gasteiger partial charge in [0.25, 0.3) is 0 Å². The third kappa shape index (κ3) is 1.73. The molecule has 0 saturated heterocycles. The van der Waals surface area contributed by atoms with Gasteiger partial charge in [0.1, 0.15) is 0 Å². The number of nitrogens with one attached hydrogen (secondary N) is 1. The van der Waals surface area contributed by atoms with Crippen molar-refractivity contribution in [2.45, 2.75) is 0 Å². The number of rotatable bonds is 1. The third-order valence-electron chi connectivity index (χ3n) is 2.73. The molecule has 0 radical (unpaired) electrons. The Hall–Kier alpha value is -1.29. The van der Waals surface area contributed by atoms with Crippen LogP contribution in [0.25, 0.3) is 22.0 Å². The van der Waals surface area contributed by atoms with E-state index in [1.807, 2.05) is 6.20 Å². The zero-order chi connectivity index (χ0) is 11.0. The first kappa shape index (κ1) is 9.90. The van der Waals surface area contributed by atoms with Crippen molar-refractivity contribution in [1.29, 1.82) is 0 Å². The van der Waals surface area contributed by atoms with E-state index in [2.05, 4.69) is 76.1 Å². The van der Waals surface area contributed by atoms with Crippen molar-refractivity contribution >= 4 is 33.5 Å². The van der Waals surface area contributed by atoms with Crippen molar-refractivity contribution in [3.8, 4) is 11.1 Å². The van der Waals surface area contributed by atoms with Crippen LogP contribution in [0.2, 0.25) is 0 Å². The lowest BCUT2D eigenvalue weighted by Gasteiger charge is -2.02. The van der Waals surface area contributed by atoms with Crippen LogP contribution >= 0.6 is 22.6 Å². The molecule has 1 nitrogen and oxygen atoms in total. The summed E-state index contributed by atoms with van der Waals surface area (Å²) in [6.07, 6.45) is 1.97. The third-order valence-corrected chi connectivity index (χ3v) is 3.45. The van der Waals surface area contributed by atoms with Gasteiger partial charge in [-0.1, -0.05) is 18.2 Å². The maximum Gasteiger partial charge on any atom is 0.0454 e. The molecule has 0 spiro atoms. The minimum atomic E-state index is 1.19. The van der Waals surface area contributed by atoms with Crippen LogP contribution < -0.4 is 0 Å². The van der Waals surface area contributed by atoms with Crippen LogP contribution in [0.4, 0.5) is 0 Å². The molecule has 0 aliphatic carbocycles. The van der Waals surface area contributed by atoms with Crippen molar-refractivity contribution in [1.82, 2.24) is 4.98 Å². The minimum absolute atomic E-state index is 1.19. The standard InChI is InChI=1S/C14H10IN/c15-13-4-1-10(2-5-13)11-3-6-14-12(9-11)7-8-16-14/h1-9,16H. The molecule has 0 unspecified atom stereocenters. The van der Waals surface area contributed by atoms with Gasteiger partial charge in [-0.3, -0.25) is 0 Å². The SMILES string of the molecule is Ic1ccc(-c2ccc3[nH]ccc3c2)cc1. The fourth-order valence-corrected chi connectivity index (χ4v) is 2.23. The first-order chi connectivity index (χ1) is 7.83. The fraction of sp³-hybridized carbons (Fsp3) is 0. The predicted molar refractivity (Wildman–Crippen MR) is 76.5 cm³/mol. The summed E-state index contributed by atoms with van der Waals surface area (Å²) >= 11 is 2.32. The molecule has 1 N–H and O–H groups in total. The summed E-state index contributed by atoms with van der Waals surface area (Å²) in [7, 11) is 0. The predicted octanol–water partition coefficient (Wildman–Crippen LogP) is 4.44. The molecular weight excluding hydrogens is 309 g/mol. The van der Waals surface area contributed by atoms with Gasteiger partial charge in [0, 0.05) is 15.3 Å². The topological polar surface area (TPSA) is 15.8 Å². The molecule has 16 heavy (non-hydrogen) atoms. The smallest absolute Gasteiger partial charge is 0.0454 e. The van der Waals surface area contributed by atoms with Crippen LogP contribution in [0, 0.1) is 3.57 Å². The second-order valence-corrected chi connectivity index (χ2v) is 5.03. The lowest BCUT2D eigenvalue weighted by Crippen LogP contribution is -1.78. The van der Waals surface area contributed by atoms with Gasteiger partial charge in [-0.15, -0.1) is 0 Å². The van der Waals surface area contributed by atoms with E-state index in [1.54, 1.807) is 0 Å². The van der Waals surface area contributed by atoms with Crippen LogP contribution in [0.3, 0.4) is 0 Å². The molecule has 0 saturated carbocycles. The molecule has 0 fully saturated rings. The van der Waals surface area contributed by atoms with E-state index in [9.17, 15) is 0 Å². The average molecular weight is 319 g/mol. The molecule has 1 aromatic heterocycles. The van der Waals surface area contributed by atoms with Gasteiger partial charge in [0.2, 0.25) is 0 Å². The maximum atomic E-state index is 3.21. The van der Waals surface area contributed by atoms with E-state index in [0.29, 0.717) is 0 Å². The first-order valence-corrected chi connectivity index (χ1v) is 6.24. The summed E-state index contributed by atoms with van der Waals surface area (Å²) < 4.78 is 1.27. The number of aromatic nitrogens is 1. The van der Waals surface area contributed by atoms with Crippen molar-refractivity contribution < 1.29 is 0 Å². The van der Waals surface area contributed by atoms with Crippen molar-refractivity contribution in [2.75, 3.05) is 0 Å². The molecule has 0 bridgehead atoms. The molecule has 78 valence electrons. The average Bonchev–Trinajstić information content (AvgIpc) is 2.77. The Morgan fingerprint density at radius 3 is 2.38 bits per heavy atom. The number of aromatic amines is 1. The Labute approximate surface area is 108 Å². The summed E-state index contributed by atoms with van der Waals surface area (Å²) in [6.45, 7) is 0. The van der Waals surface area contributed by atoms with Gasteiger partial charge >= 0.3 is 0 Å². The van der Waals surface area contributed by atoms with Crippen molar-refractivity contribution in [3.05, 3.63) is 58.3 Å². The van der Waals surface area contributed by atoms with E-state index in [1.165, 1.54) is 25.6 Å². The van der Waals surface area contributed by atoms with Crippen LogP contribution in [-0.4, -0.2) is 4.98 Å². The summed E-state index contributed by atoms with van der Waals surface area (Å²) in [4.78, 5) is 3.21. The molecule has 0 aliphatic heterocycles. The molecule has 3 aromatic rings. The van der Waals surface area contributed by atoms with E-state index in [4.69, 9.17) is 0 Å². The molecule has 2 heteroatoms. The monoisotopic (exact) mass is 319 g/mol. The zero-order valence-corrected chi connectivity index (χ0v) is 10.7. The quantitative estimate of drug-likeness (QED) is 0.638. The lowest BCUT2D eigenvalue weighted by molar-refractivity contribution is 1.48. The van der Waals surface area contributed by atoms with Gasteiger partial charge in [-0.2, -0.15) is 0 Å². The van der Waals surface area contributed by atoms with Crippen LogP contribution in [0.15, 0.2) is 54.7 Å². The zero-order valence-electron chi connectivity index (χ0n) is 8.57. The van der Waals surface area contributed by atoms with Crippen LogP contribution in [0.1, 0.15) is 0 Å². The van der Waals surface area contributed by atoms with Crippen molar-refractivity contribution in [2.24, 2.45) is 0 Å². The number of fused-ring (bicyclic) bond motifs is 1. The number of hydrogen-bond donors (Lipinski definition) is 1. The highest BCUT2D eigenvalue weighted by atomic mass is 127. The molecule has 2 aromatic carbocycles. The van der Waals surface area contributed by atoms with Gasteiger partial charge < -0.3 is 4.98 Å². The summed E-state index contributed by atoms with van der Waals surface area (Å²) in [6, 6.07) is 17.2. The number of H-pyrrole nitrogens is 1. The van der Waals surface area contributed by atoms with Gasteiger partial charge in [-0.05, 0) is 69.4 Å². The van der Waals surface area contributed by atoms with E-state index in [-0.39, 0.29) is 0 Å². The Bertz CT molecular complexity index is 623. The summed E-state index contributed by atoms with van der Waals surface area (Å²) in [5, 5.41) is 1.26. The Kier molecular flexibility index (Phi) is 2.44. The molecule has 1 heterocycles. The molecule has 3 rings (SSSR count). The van der Waals surface area contributed by atoms with Gasteiger partial charge in [-0.25, -0.2) is 0 Å². The van der Waals surface area contributed by atoms with Gasteiger partial charge in [0.15, 0.2) is 0 Å². The van der Waals surface area contributed by atoms with E-state index in [0.717, 1.165) is 0 Å². The molecule has 0 amide bonds. The lowest BCUT2D eigenvalue weighted by atomic mass is 10.0.